The van der Waals surface area contributed by atoms with Crippen LogP contribution in [0.15, 0.2) is 59.8 Å². The lowest BCUT2D eigenvalue weighted by Gasteiger charge is -2.50. The van der Waals surface area contributed by atoms with Crippen LogP contribution in [-0.2, 0) is 16.1 Å². The number of imide groups is 1. The highest BCUT2D eigenvalue weighted by Crippen LogP contribution is 2.49. The summed E-state index contributed by atoms with van der Waals surface area (Å²) in [6.07, 6.45) is 0.434. The van der Waals surface area contributed by atoms with Crippen molar-refractivity contribution in [3.63, 3.8) is 0 Å². The van der Waals surface area contributed by atoms with Crippen LogP contribution >= 0.6 is 0 Å². The summed E-state index contributed by atoms with van der Waals surface area (Å²) in [5.41, 5.74) is 2.91. The lowest BCUT2D eigenvalue weighted by atomic mass is 9.65. The lowest BCUT2D eigenvalue weighted by molar-refractivity contribution is -0.130. The van der Waals surface area contributed by atoms with Crippen molar-refractivity contribution >= 4 is 17.7 Å². The number of urea groups is 1. The Kier molecular flexibility index (Phi) is 5.98. The quantitative estimate of drug-likeness (QED) is 0.665. The van der Waals surface area contributed by atoms with Gasteiger partial charge in [-0.3, -0.25) is 19.8 Å². The number of rotatable bonds is 5. The van der Waals surface area contributed by atoms with Crippen molar-refractivity contribution < 1.29 is 23.9 Å². The van der Waals surface area contributed by atoms with Crippen molar-refractivity contribution in [3.05, 3.63) is 70.9 Å². The maximum absolute atomic E-state index is 13.6. The Balaban J connectivity index is 1.65. The third-order valence-corrected chi connectivity index (χ3v) is 7.34. The molecule has 2 aliphatic heterocycles. The van der Waals surface area contributed by atoms with Gasteiger partial charge in [0.2, 0.25) is 5.91 Å². The molecule has 3 amide bonds. The number of Topliss-reactive ketones (excluding diaryl/α,β-unsaturated/α-hetero) is 1. The number of methoxy groups -OCH3 is 2. The maximum Gasteiger partial charge on any atom is 0.326 e. The summed E-state index contributed by atoms with van der Waals surface area (Å²) in [4.78, 5) is 41.7. The molecule has 0 bridgehead atoms. The largest absolute Gasteiger partial charge is 0.493 e. The molecule has 2 heterocycles. The van der Waals surface area contributed by atoms with Gasteiger partial charge in [-0.25, -0.2) is 4.79 Å². The second kappa shape index (κ2) is 9.00. The number of nitrogens with one attached hydrogen (secondary N) is 2. The van der Waals surface area contributed by atoms with E-state index in [1.165, 1.54) is 0 Å². The fraction of sp³-hybridized carbons (Fsp3) is 0.393. The number of hydrogen-bond donors (Lipinski definition) is 2. The third-order valence-electron chi connectivity index (χ3n) is 7.34. The molecular weight excluding hydrogens is 458 g/mol. The average molecular weight is 490 g/mol. The molecule has 188 valence electrons. The highest BCUT2D eigenvalue weighted by molar-refractivity contribution is 6.04. The monoisotopic (exact) mass is 489 g/mol. The molecule has 0 spiro atoms. The molecule has 8 heteroatoms. The van der Waals surface area contributed by atoms with E-state index in [1.807, 2.05) is 42.5 Å². The number of ketones is 1. The van der Waals surface area contributed by atoms with E-state index in [-0.39, 0.29) is 11.2 Å². The Morgan fingerprint density at radius 3 is 2.39 bits per heavy atom. The summed E-state index contributed by atoms with van der Waals surface area (Å²) < 4.78 is 10.9. The highest BCUT2D eigenvalue weighted by atomic mass is 16.5. The van der Waals surface area contributed by atoms with Gasteiger partial charge in [-0.2, -0.15) is 0 Å². The van der Waals surface area contributed by atoms with Crippen molar-refractivity contribution in [2.75, 3.05) is 14.2 Å². The predicted molar refractivity (Wildman–Crippen MR) is 133 cm³/mol. The molecule has 3 unspecified atom stereocenters. The minimum atomic E-state index is -0.701. The van der Waals surface area contributed by atoms with Crippen LogP contribution in [-0.4, -0.2) is 43.0 Å². The molecule has 0 saturated carbocycles. The van der Waals surface area contributed by atoms with E-state index in [0.717, 1.165) is 16.8 Å². The van der Waals surface area contributed by atoms with Crippen LogP contribution in [0.3, 0.4) is 0 Å². The second-order valence-corrected chi connectivity index (χ2v) is 10.4. The van der Waals surface area contributed by atoms with E-state index in [4.69, 9.17) is 9.47 Å². The van der Waals surface area contributed by atoms with E-state index >= 15 is 0 Å². The zero-order chi connectivity index (χ0) is 25.6. The normalized spacial score (nSPS) is 24.9. The molecule has 5 rings (SSSR count). The topological polar surface area (TPSA) is 97.0 Å². The van der Waals surface area contributed by atoms with Gasteiger partial charge in [0.25, 0.3) is 0 Å². The van der Waals surface area contributed by atoms with Crippen LogP contribution in [0.1, 0.15) is 43.7 Å². The molecule has 2 aromatic rings. The Morgan fingerprint density at radius 1 is 0.972 bits per heavy atom. The molecular formula is C28H31N3O5. The first-order valence-corrected chi connectivity index (χ1v) is 12.1. The van der Waals surface area contributed by atoms with Gasteiger partial charge in [0.15, 0.2) is 17.3 Å². The zero-order valence-electron chi connectivity index (χ0n) is 21.0. The standard InChI is InChI=1S/C28H31N3O5/c1-28(2)13-18-23(19(32)14-28)22(17-10-11-20(35-3)21(12-17)36-4)24-25(29-18)31(27(34)30-26(24)33)15-16-8-6-5-7-9-16/h5-12,22,24-25,29H,13-15H2,1-4H3,(H,30,33,34). The Hall–Kier alpha value is -3.81. The van der Waals surface area contributed by atoms with Gasteiger partial charge in [-0.1, -0.05) is 50.2 Å². The van der Waals surface area contributed by atoms with Crippen LogP contribution < -0.4 is 20.1 Å². The Labute approximate surface area is 210 Å². The fourth-order valence-corrected chi connectivity index (χ4v) is 5.78. The molecule has 36 heavy (non-hydrogen) atoms. The van der Waals surface area contributed by atoms with Crippen LogP contribution in [0, 0.1) is 11.3 Å². The van der Waals surface area contributed by atoms with Gasteiger partial charge in [0, 0.05) is 30.2 Å². The number of amides is 3. The van der Waals surface area contributed by atoms with Crippen molar-refractivity contribution in [1.29, 1.82) is 0 Å². The highest BCUT2D eigenvalue weighted by Gasteiger charge is 2.53. The number of hydrogen-bond acceptors (Lipinski definition) is 6. The van der Waals surface area contributed by atoms with E-state index in [2.05, 4.69) is 24.5 Å². The molecule has 2 N–H and O–H groups in total. The second-order valence-electron chi connectivity index (χ2n) is 10.4. The van der Waals surface area contributed by atoms with E-state index in [0.29, 0.717) is 36.5 Å². The van der Waals surface area contributed by atoms with Crippen LogP contribution in [0.5, 0.6) is 11.5 Å². The van der Waals surface area contributed by atoms with Gasteiger partial charge in [-0.05, 0) is 35.1 Å². The van der Waals surface area contributed by atoms with Gasteiger partial charge in [-0.15, -0.1) is 0 Å². The Bertz CT molecular complexity index is 1250. The third kappa shape index (κ3) is 4.10. The van der Waals surface area contributed by atoms with Crippen LogP contribution in [0.25, 0.3) is 0 Å². The zero-order valence-corrected chi connectivity index (χ0v) is 21.0. The van der Waals surface area contributed by atoms with Crippen molar-refractivity contribution in [2.24, 2.45) is 11.3 Å². The van der Waals surface area contributed by atoms with E-state index in [1.54, 1.807) is 25.2 Å². The van der Waals surface area contributed by atoms with Crippen molar-refractivity contribution in [1.82, 2.24) is 15.5 Å². The summed E-state index contributed by atoms with van der Waals surface area (Å²) in [7, 11) is 3.12. The van der Waals surface area contributed by atoms with Crippen molar-refractivity contribution in [3.8, 4) is 11.5 Å². The molecule has 1 fully saturated rings. The van der Waals surface area contributed by atoms with Gasteiger partial charge >= 0.3 is 6.03 Å². The van der Waals surface area contributed by atoms with Gasteiger partial charge in [0.05, 0.1) is 20.1 Å². The summed E-state index contributed by atoms with van der Waals surface area (Å²) in [5.74, 6) is -0.540. The number of nitrogens with zero attached hydrogens (tertiary/aromatic N) is 1. The number of fused-ring (bicyclic) bond motifs is 1. The van der Waals surface area contributed by atoms with Crippen LogP contribution in [0.2, 0.25) is 0 Å². The summed E-state index contributed by atoms with van der Waals surface area (Å²) in [6.45, 7) is 4.45. The first-order valence-electron chi connectivity index (χ1n) is 12.1. The fourth-order valence-electron chi connectivity index (χ4n) is 5.78. The van der Waals surface area contributed by atoms with Gasteiger partial charge < -0.3 is 14.8 Å². The SMILES string of the molecule is COc1ccc(C2C3=C(CC(C)(C)CC3=O)NC3C2C(=O)NC(=O)N3Cc2ccccc2)cc1OC. The van der Waals surface area contributed by atoms with Gasteiger partial charge in [0.1, 0.15) is 6.17 Å². The minimum Gasteiger partial charge on any atom is -0.493 e. The summed E-state index contributed by atoms with van der Waals surface area (Å²) in [5, 5.41) is 6.02. The van der Waals surface area contributed by atoms with Crippen LogP contribution in [0.4, 0.5) is 4.79 Å². The first kappa shape index (κ1) is 23.9. The summed E-state index contributed by atoms with van der Waals surface area (Å²) in [6, 6.07) is 14.7. The minimum absolute atomic E-state index is 0.0197. The molecule has 1 saturated heterocycles. The molecule has 0 radical (unpaired) electrons. The number of benzene rings is 2. The predicted octanol–water partition coefficient (Wildman–Crippen LogP) is 3.73. The number of ether oxygens (including phenoxy) is 2. The molecule has 3 atom stereocenters. The molecule has 8 nitrogen and oxygen atoms in total. The number of carbonyl (C=O) groups is 3. The molecule has 0 aromatic heterocycles. The van der Waals surface area contributed by atoms with Crippen molar-refractivity contribution in [2.45, 2.75) is 45.3 Å². The van der Waals surface area contributed by atoms with E-state index in [9.17, 15) is 14.4 Å². The smallest absolute Gasteiger partial charge is 0.326 e. The average Bonchev–Trinajstić information content (AvgIpc) is 2.84. The van der Waals surface area contributed by atoms with E-state index < -0.39 is 29.9 Å². The number of allylic oxidation sites excluding steroid dienone is 2. The molecule has 1 aliphatic carbocycles. The summed E-state index contributed by atoms with van der Waals surface area (Å²) >= 11 is 0. The first-order chi connectivity index (χ1) is 17.2. The Morgan fingerprint density at radius 2 is 1.69 bits per heavy atom. The maximum atomic E-state index is 13.6. The number of carbonyl (C=O) groups excluding carboxylic acids is 3. The molecule has 2 aromatic carbocycles. The lowest BCUT2D eigenvalue weighted by Crippen LogP contribution is -2.67. The molecule has 3 aliphatic rings.